The summed E-state index contributed by atoms with van der Waals surface area (Å²) in [5, 5.41) is 0. The molecule has 2 aliphatic rings. The predicted molar refractivity (Wildman–Crippen MR) is 136 cm³/mol. The standard InChI is InChI=1S/C29H22Br2/c1-17-5-3-7-21(11-17)29(22-8-4-6-18(2)12-22)25-15-23(30)13-19-9-10-20-14-24(31)16-26(29)28(20)27(19)25/h3-8,11-16H,9-10H2,1-2H3. The van der Waals surface area contributed by atoms with E-state index in [2.05, 4.69) is 119 Å². The largest absolute Gasteiger partial charge is 0.0714 e. The maximum absolute atomic E-state index is 3.85. The van der Waals surface area contributed by atoms with Crippen molar-refractivity contribution in [3.8, 4) is 11.1 Å². The Morgan fingerprint density at radius 1 is 0.613 bits per heavy atom. The molecule has 0 spiro atoms. The molecule has 31 heavy (non-hydrogen) atoms. The monoisotopic (exact) mass is 528 g/mol. The number of aryl methyl sites for hydroxylation is 4. The fraction of sp³-hybridized carbons (Fsp3) is 0.172. The summed E-state index contributed by atoms with van der Waals surface area (Å²) in [6.45, 7) is 4.39. The van der Waals surface area contributed by atoms with Gasteiger partial charge in [-0.25, -0.2) is 0 Å². The van der Waals surface area contributed by atoms with Crippen molar-refractivity contribution in [3.63, 3.8) is 0 Å². The van der Waals surface area contributed by atoms with E-state index in [1.807, 2.05) is 0 Å². The van der Waals surface area contributed by atoms with Crippen LogP contribution in [0.2, 0.25) is 0 Å². The second-order valence-electron chi connectivity index (χ2n) is 8.96. The van der Waals surface area contributed by atoms with Gasteiger partial charge in [0.25, 0.3) is 0 Å². The van der Waals surface area contributed by atoms with Crippen LogP contribution < -0.4 is 0 Å². The van der Waals surface area contributed by atoms with Crippen LogP contribution in [0.15, 0.2) is 81.7 Å². The van der Waals surface area contributed by atoms with E-state index in [4.69, 9.17) is 0 Å². The third-order valence-corrected chi connectivity index (χ3v) is 7.91. The van der Waals surface area contributed by atoms with Gasteiger partial charge in [-0.1, -0.05) is 91.5 Å². The van der Waals surface area contributed by atoms with Gasteiger partial charge < -0.3 is 0 Å². The molecular weight excluding hydrogens is 508 g/mol. The van der Waals surface area contributed by atoms with Crippen molar-refractivity contribution in [1.82, 2.24) is 0 Å². The van der Waals surface area contributed by atoms with Gasteiger partial charge in [0.2, 0.25) is 0 Å². The van der Waals surface area contributed by atoms with Crippen LogP contribution in [0, 0.1) is 13.8 Å². The van der Waals surface area contributed by atoms with Gasteiger partial charge in [0.15, 0.2) is 0 Å². The van der Waals surface area contributed by atoms with E-state index >= 15 is 0 Å². The molecule has 2 heteroatoms. The Balaban J connectivity index is 1.87. The van der Waals surface area contributed by atoms with Crippen molar-refractivity contribution < 1.29 is 0 Å². The lowest BCUT2D eigenvalue weighted by Crippen LogP contribution is -2.29. The maximum Gasteiger partial charge on any atom is 0.0714 e. The van der Waals surface area contributed by atoms with Gasteiger partial charge in [0.1, 0.15) is 0 Å². The first kappa shape index (κ1) is 19.5. The highest BCUT2D eigenvalue weighted by Gasteiger charge is 2.48. The summed E-state index contributed by atoms with van der Waals surface area (Å²) in [6, 6.07) is 27.6. The maximum atomic E-state index is 3.85. The van der Waals surface area contributed by atoms with Crippen LogP contribution in [0.25, 0.3) is 11.1 Å². The fourth-order valence-corrected chi connectivity index (χ4v) is 6.87. The smallest absolute Gasteiger partial charge is 0.0617 e. The summed E-state index contributed by atoms with van der Waals surface area (Å²) in [4.78, 5) is 0. The summed E-state index contributed by atoms with van der Waals surface area (Å²) in [7, 11) is 0. The highest BCUT2D eigenvalue weighted by atomic mass is 79.9. The SMILES string of the molecule is Cc1cccc(C2(c3cccc(C)c3)c3cc(Br)cc4c3-c3c(cc(Br)cc32)CC4)c1. The summed E-state index contributed by atoms with van der Waals surface area (Å²) in [5.41, 5.74) is 13.6. The zero-order valence-electron chi connectivity index (χ0n) is 17.6. The average Bonchev–Trinajstić information content (AvgIpc) is 3.02. The quantitative estimate of drug-likeness (QED) is 0.216. The molecule has 0 N–H and O–H groups in total. The molecule has 0 unspecified atom stereocenters. The van der Waals surface area contributed by atoms with Crippen molar-refractivity contribution in [2.45, 2.75) is 32.1 Å². The molecule has 0 nitrogen and oxygen atoms in total. The summed E-state index contributed by atoms with van der Waals surface area (Å²) in [5.74, 6) is 0. The molecule has 0 aromatic heterocycles. The van der Waals surface area contributed by atoms with E-state index in [-0.39, 0.29) is 5.41 Å². The molecule has 0 atom stereocenters. The number of hydrogen-bond donors (Lipinski definition) is 0. The molecule has 0 fully saturated rings. The van der Waals surface area contributed by atoms with Gasteiger partial charge in [-0.05, 0) is 95.5 Å². The molecule has 0 amide bonds. The van der Waals surface area contributed by atoms with Gasteiger partial charge in [-0.15, -0.1) is 0 Å². The Hall–Kier alpha value is -2.16. The first-order valence-corrected chi connectivity index (χ1v) is 12.4. The molecule has 152 valence electrons. The van der Waals surface area contributed by atoms with Crippen molar-refractivity contribution >= 4 is 31.9 Å². The van der Waals surface area contributed by atoms with E-state index in [1.165, 1.54) is 64.6 Å². The zero-order chi connectivity index (χ0) is 21.3. The average molecular weight is 530 g/mol. The van der Waals surface area contributed by atoms with Gasteiger partial charge in [-0.2, -0.15) is 0 Å². The summed E-state index contributed by atoms with van der Waals surface area (Å²) < 4.78 is 2.34. The van der Waals surface area contributed by atoms with Crippen molar-refractivity contribution in [2.24, 2.45) is 0 Å². The minimum atomic E-state index is -0.329. The summed E-state index contributed by atoms with van der Waals surface area (Å²) >= 11 is 7.71. The first-order valence-electron chi connectivity index (χ1n) is 10.8. The fourth-order valence-electron chi connectivity index (χ4n) is 5.86. The molecule has 4 aromatic rings. The topological polar surface area (TPSA) is 0 Å². The van der Waals surface area contributed by atoms with Crippen LogP contribution in [0.5, 0.6) is 0 Å². The van der Waals surface area contributed by atoms with Gasteiger partial charge in [0.05, 0.1) is 5.41 Å². The Kier molecular flexibility index (Phi) is 4.36. The van der Waals surface area contributed by atoms with Crippen molar-refractivity contribution in [3.05, 3.63) is 126 Å². The second-order valence-corrected chi connectivity index (χ2v) is 10.8. The molecule has 6 rings (SSSR count). The molecule has 0 aliphatic heterocycles. The van der Waals surface area contributed by atoms with Gasteiger partial charge in [0, 0.05) is 8.95 Å². The van der Waals surface area contributed by atoms with E-state index in [1.54, 1.807) is 0 Å². The van der Waals surface area contributed by atoms with Crippen LogP contribution in [-0.4, -0.2) is 0 Å². The van der Waals surface area contributed by atoms with E-state index < -0.39 is 0 Å². The van der Waals surface area contributed by atoms with Crippen LogP contribution in [0.4, 0.5) is 0 Å². The Labute approximate surface area is 200 Å². The lowest BCUT2D eigenvalue weighted by atomic mass is 9.67. The van der Waals surface area contributed by atoms with E-state index in [0.29, 0.717) is 0 Å². The van der Waals surface area contributed by atoms with Gasteiger partial charge >= 0.3 is 0 Å². The minimum absolute atomic E-state index is 0.329. The molecule has 0 radical (unpaired) electrons. The Morgan fingerprint density at radius 3 is 1.48 bits per heavy atom. The third-order valence-electron chi connectivity index (χ3n) is 6.99. The van der Waals surface area contributed by atoms with Crippen molar-refractivity contribution in [1.29, 1.82) is 0 Å². The third kappa shape index (κ3) is 2.71. The Morgan fingerprint density at radius 2 is 1.06 bits per heavy atom. The molecule has 0 bridgehead atoms. The summed E-state index contributed by atoms with van der Waals surface area (Å²) in [6.07, 6.45) is 2.17. The number of halogens is 2. The van der Waals surface area contributed by atoms with Crippen LogP contribution in [0.1, 0.15) is 44.5 Å². The molecule has 0 saturated carbocycles. The predicted octanol–water partition coefficient (Wildman–Crippen LogP) is 8.29. The van der Waals surface area contributed by atoms with Crippen molar-refractivity contribution in [2.75, 3.05) is 0 Å². The lowest BCUT2D eigenvalue weighted by molar-refractivity contribution is 0.764. The van der Waals surface area contributed by atoms with Crippen LogP contribution in [0.3, 0.4) is 0 Å². The molecule has 2 aliphatic carbocycles. The van der Waals surface area contributed by atoms with Gasteiger partial charge in [-0.3, -0.25) is 0 Å². The molecule has 0 heterocycles. The van der Waals surface area contributed by atoms with Crippen LogP contribution in [-0.2, 0) is 18.3 Å². The zero-order valence-corrected chi connectivity index (χ0v) is 20.8. The highest BCUT2D eigenvalue weighted by molar-refractivity contribution is 9.10. The Bertz CT molecular complexity index is 1270. The minimum Gasteiger partial charge on any atom is -0.0617 e. The van der Waals surface area contributed by atoms with Crippen LogP contribution >= 0.6 is 31.9 Å². The molecular formula is C29H22Br2. The molecule has 0 saturated heterocycles. The lowest BCUT2D eigenvalue weighted by Gasteiger charge is -2.34. The number of benzene rings is 4. The van der Waals surface area contributed by atoms with E-state index in [9.17, 15) is 0 Å². The normalized spacial score (nSPS) is 15.1. The number of hydrogen-bond acceptors (Lipinski definition) is 0. The molecule has 4 aromatic carbocycles. The second kappa shape index (κ2) is 6.92. The first-order chi connectivity index (χ1) is 15.0. The highest BCUT2D eigenvalue weighted by Crippen LogP contribution is 2.60. The van der Waals surface area contributed by atoms with E-state index in [0.717, 1.165) is 12.8 Å². The number of rotatable bonds is 2.